The number of ether oxygens (including phenoxy) is 2. The van der Waals surface area contributed by atoms with Crippen molar-refractivity contribution in [2.45, 2.75) is 26.0 Å². The molecule has 29 heavy (non-hydrogen) atoms. The van der Waals surface area contributed by atoms with Crippen molar-refractivity contribution in [2.24, 2.45) is 5.92 Å². The maximum absolute atomic E-state index is 12.4. The summed E-state index contributed by atoms with van der Waals surface area (Å²) in [6.45, 7) is 3.00. The average Bonchev–Trinajstić information content (AvgIpc) is 3.23. The molecule has 0 radical (unpaired) electrons. The average molecular weight is 398 g/mol. The van der Waals surface area contributed by atoms with Crippen molar-refractivity contribution < 1.29 is 24.2 Å². The molecule has 2 atom stereocenters. The number of amides is 2. The van der Waals surface area contributed by atoms with Crippen LogP contribution in [0.3, 0.4) is 0 Å². The Balaban J connectivity index is 1.61. The van der Waals surface area contributed by atoms with E-state index in [-0.39, 0.29) is 18.6 Å². The first-order chi connectivity index (χ1) is 14.0. The number of methoxy groups -OCH3 is 1. The van der Waals surface area contributed by atoms with Crippen LogP contribution < -0.4 is 14.8 Å². The van der Waals surface area contributed by atoms with Crippen LogP contribution in [-0.4, -0.2) is 42.2 Å². The van der Waals surface area contributed by atoms with Crippen LogP contribution in [0.25, 0.3) is 0 Å². The van der Waals surface area contributed by atoms with Crippen molar-refractivity contribution in [2.75, 3.05) is 20.2 Å². The molecule has 154 valence electrons. The molecule has 0 spiro atoms. The summed E-state index contributed by atoms with van der Waals surface area (Å²) in [5.74, 6) is -0.129. The summed E-state index contributed by atoms with van der Waals surface area (Å²) in [6, 6.07) is 14.9. The molecule has 2 aromatic rings. The molecular formula is C22H26N2O5. The highest BCUT2D eigenvalue weighted by molar-refractivity contribution is 5.77. The fourth-order valence-electron chi connectivity index (χ4n) is 3.31. The number of urea groups is 1. The molecule has 1 fully saturated rings. The van der Waals surface area contributed by atoms with Gasteiger partial charge in [0.2, 0.25) is 0 Å². The monoisotopic (exact) mass is 398 g/mol. The summed E-state index contributed by atoms with van der Waals surface area (Å²) in [4.78, 5) is 25.1. The van der Waals surface area contributed by atoms with Gasteiger partial charge in [-0.05, 0) is 36.6 Å². The van der Waals surface area contributed by atoms with Crippen LogP contribution in [0.4, 0.5) is 4.79 Å². The molecule has 0 aromatic heterocycles. The minimum Gasteiger partial charge on any atom is -0.493 e. The van der Waals surface area contributed by atoms with Gasteiger partial charge in [-0.3, -0.25) is 4.79 Å². The van der Waals surface area contributed by atoms with Gasteiger partial charge in [-0.2, -0.15) is 0 Å². The van der Waals surface area contributed by atoms with Crippen molar-refractivity contribution in [3.63, 3.8) is 0 Å². The van der Waals surface area contributed by atoms with E-state index in [1.807, 2.05) is 55.5 Å². The maximum atomic E-state index is 12.4. The highest BCUT2D eigenvalue weighted by Crippen LogP contribution is 2.31. The summed E-state index contributed by atoms with van der Waals surface area (Å²) in [6.07, 6.45) is 0.485. The molecule has 0 aliphatic carbocycles. The number of likely N-dealkylation sites (tertiary alicyclic amines) is 1. The molecular weight excluding hydrogens is 372 g/mol. The quantitative estimate of drug-likeness (QED) is 0.746. The Bertz CT molecular complexity index is 856. The molecule has 2 N–H and O–H groups in total. The molecule has 3 rings (SSSR count). The van der Waals surface area contributed by atoms with Crippen molar-refractivity contribution in [3.8, 4) is 11.5 Å². The first-order valence-corrected chi connectivity index (χ1v) is 9.61. The first kappa shape index (κ1) is 20.5. The third kappa shape index (κ3) is 5.19. The molecule has 2 amide bonds. The summed E-state index contributed by atoms with van der Waals surface area (Å²) in [7, 11) is 1.58. The van der Waals surface area contributed by atoms with Crippen LogP contribution >= 0.6 is 0 Å². The second kappa shape index (κ2) is 9.32. The van der Waals surface area contributed by atoms with Crippen LogP contribution in [0, 0.1) is 5.92 Å². The van der Waals surface area contributed by atoms with Crippen LogP contribution in [0.1, 0.15) is 30.5 Å². The largest absolute Gasteiger partial charge is 0.493 e. The summed E-state index contributed by atoms with van der Waals surface area (Å²) in [5.41, 5.74) is 1.93. The van der Waals surface area contributed by atoms with E-state index in [4.69, 9.17) is 14.6 Å². The molecule has 2 unspecified atom stereocenters. The lowest BCUT2D eigenvalue weighted by molar-refractivity contribution is -0.141. The van der Waals surface area contributed by atoms with E-state index < -0.39 is 11.9 Å². The predicted octanol–water partition coefficient (Wildman–Crippen LogP) is 3.45. The number of carbonyl (C=O) groups is 2. The van der Waals surface area contributed by atoms with Gasteiger partial charge in [-0.15, -0.1) is 0 Å². The summed E-state index contributed by atoms with van der Waals surface area (Å²) < 4.78 is 11.3. The van der Waals surface area contributed by atoms with Crippen LogP contribution in [0.2, 0.25) is 0 Å². The molecule has 1 aliphatic rings. The number of hydrogen-bond acceptors (Lipinski definition) is 4. The molecule has 1 aliphatic heterocycles. The molecule has 0 saturated carbocycles. The smallest absolute Gasteiger partial charge is 0.317 e. The lowest BCUT2D eigenvalue weighted by atomic mass is 10.1. The normalized spacial score (nSPS) is 16.9. The standard InChI is InChI=1S/C22H26N2O5/c1-15(23-22(27)24-11-10-18(13-24)21(25)26)17-8-9-19(20(12-17)28-2)29-14-16-6-4-3-5-7-16/h3-9,12,15,18H,10-11,13-14H2,1-2H3,(H,23,27)(H,25,26). The summed E-state index contributed by atoms with van der Waals surface area (Å²) >= 11 is 0. The molecule has 0 bridgehead atoms. The van der Waals surface area contributed by atoms with E-state index in [2.05, 4.69) is 5.32 Å². The molecule has 7 nitrogen and oxygen atoms in total. The van der Waals surface area contributed by atoms with Gasteiger partial charge < -0.3 is 24.8 Å². The lowest BCUT2D eigenvalue weighted by Gasteiger charge is -2.22. The number of nitrogens with one attached hydrogen (secondary N) is 1. The number of carboxylic acids is 1. The second-order valence-corrected chi connectivity index (χ2v) is 7.13. The van der Waals surface area contributed by atoms with Crippen LogP contribution in [0.5, 0.6) is 11.5 Å². The second-order valence-electron chi connectivity index (χ2n) is 7.13. The summed E-state index contributed by atoms with van der Waals surface area (Å²) in [5, 5.41) is 12.0. The van der Waals surface area contributed by atoms with Crippen LogP contribution in [0.15, 0.2) is 48.5 Å². The number of carboxylic acid groups (broad SMARTS) is 1. The van der Waals surface area contributed by atoms with Gasteiger partial charge in [0, 0.05) is 13.1 Å². The third-order valence-electron chi connectivity index (χ3n) is 5.09. The minimum atomic E-state index is -0.857. The minimum absolute atomic E-state index is 0.240. The fourth-order valence-corrected chi connectivity index (χ4v) is 3.31. The fraction of sp³-hybridized carbons (Fsp3) is 0.364. The molecule has 1 heterocycles. The molecule has 7 heteroatoms. The lowest BCUT2D eigenvalue weighted by Crippen LogP contribution is -2.40. The molecule has 1 saturated heterocycles. The predicted molar refractivity (Wildman–Crippen MR) is 108 cm³/mol. The highest BCUT2D eigenvalue weighted by Gasteiger charge is 2.31. The zero-order chi connectivity index (χ0) is 20.8. The van der Waals surface area contributed by atoms with Crippen molar-refractivity contribution in [1.29, 1.82) is 0 Å². The Kier molecular flexibility index (Phi) is 6.59. The number of aliphatic carboxylic acids is 1. The topological polar surface area (TPSA) is 88.1 Å². The third-order valence-corrected chi connectivity index (χ3v) is 5.09. The highest BCUT2D eigenvalue weighted by atomic mass is 16.5. The van der Waals surface area contributed by atoms with Gasteiger partial charge in [0.15, 0.2) is 11.5 Å². The Hall–Kier alpha value is -3.22. The van der Waals surface area contributed by atoms with E-state index in [0.29, 0.717) is 31.1 Å². The number of rotatable bonds is 7. The maximum Gasteiger partial charge on any atom is 0.317 e. The van der Waals surface area contributed by atoms with Crippen molar-refractivity contribution >= 4 is 12.0 Å². The van der Waals surface area contributed by atoms with Gasteiger partial charge in [0.1, 0.15) is 6.61 Å². The van der Waals surface area contributed by atoms with E-state index in [1.54, 1.807) is 12.0 Å². The zero-order valence-electron chi connectivity index (χ0n) is 16.6. The Labute approximate surface area is 170 Å². The van der Waals surface area contributed by atoms with Crippen molar-refractivity contribution in [1.82, 2.24) is 10.2 Å². The van der Waals surface area contributed by atoms with E-state index in [0.717, 1.165) is 11.1 Å². The zero-order valence-corrected chi connectivity index (χ0v) is 16.6. The van der Waals surface area contributed by atoms with Gasteiger partial charge in [0.05, 0.1) is 19.1 Å². The van der Waals surface area contributed by atoms with Crippen molar-refractivity contribution in [3.05, 3.63) is 59.7 Å². The number of nitrogens with zero attached hydrogens (tertiary/aromatic N) is 1. The Morgan fingerprint density at radius 3 is 2.62 bits per heavy atom. The molecule has 2 aromatic carbocycles. The number of carbonyl (C=O) groups excluding carboxylic acids is 1. The van der Waals surface area contributed by atoms with Gasteiger partial charge in [-0.1, -0.05) is 36.4 Å². The Morgan fingerprint density at radius 2 is 1.97 bits per heavy atom. The van der Waals surface area contributed by atoms with Gasteiger partial charge >= 0.3 is 12.0 Å². The Morgan fingerprint density at radius 1 is 1.21 bits per heavy atom. The number of hydrogen-bond donors (Lipinski definition) is 2. The van der Waals surface area contributed by atoms with Gasteiger partial charge in [-0.25, -0.2) is 4.79 Å². The first-order valence-electron chi connectivity index (χ1n) is 9.61. The number of benzene rings is 2. The SMILES string of the molecule is COc1cc(C(C)NC(=O)N2CCC(C(=O)O)C2)ccc1OCc1ccccc1. The van der Waals surface area contributed by atoms with E-state index >= 15 is 0 Å². The van der Waals surface area contributed by atoms with Crippen LogP contribution in [-0.2, 0) is 11.4 Å². The van der Waals surface area contributed by atoms with E-state index in [9.17, 15) is 9.59 Å². The van der Waals surface area contributed by atoms with E-state index in [1.165, 1.54) is 0 Å². The van der Waals surface area contributed by atoms with Gasteiger partial charge in [0.25, 0.3) is 0 Å².